The second-order valence-corrected chi connectivity index (χ2v) is 11.9. The van der Waals surface area contributed by atoms with E-state index in [-0.39, 0.29) is 32.3 Å². The Hall–Kier alpha value is -4.09. The Labute approximate surface area is 246 Å². The SMILES string of the molecule is CC(C)(C)OC(=O)N1CCc2cc(-c3nnc(-c4ccc(F)cc4OCCOCCC(=O)O)c4sccc34)ccc2C1. The van der Waals surface area contributed by atoms with Crippen molar-refractivity contribution in [2.45, 2.75) is 45.8 Å². The van der Waals surface area contributed by atoms with Crippen LogP contribution in [0.3, 0.4) is 0 Å². The van der Waals surface area contributed by atoms with Gasteiger partial charge in [0.05, 0.1) is 24.3 Å². The number of carbonyl (C=O) groups excluding carboxylic acids is 1. The fraction of sp³-hybridized carbons (Fsp3) is 0.355. The first-order valence-electron chi connectivity index (χ1n) is 13.7. The molecule has 0 radical (unpaired) electrons. The van der Waals surface area contributed by atoms with Gasteiger partial charge in [-0.2, -0.15) is 0 Å². The van der Waals surface area contributed by atoms with Gasteiger partial charge in [0, 0.05) is 35.7 Å². The van der Waals surface area contributed by atoms with Crippen molar-refractivity contribution in [3.05, 3.63) is 64.8 Å². The molecule has 1 aliphatic rings. The summed E-state index contributed by atoms with van der Waals surface area (Å²) in [6.07, 6.45) is 0.295. The summed E-state index contributed by atoms with van der Waals surface area (Å²) in [6, 6.07) is 12.4. The third kappa shape index (κ3) is 6.85. The fourth-order valence-electron chi connectivity index (χ4n) is 4.73. The maximum atomic E-state index is 14.2. The predicted molar refractivity (Wildman–Crippen MR) is 157 cm³/mol. The number of fused-ring (bicyclic) bond motifs is 2. The predicted octanol–water partition coefficient (Wildman–Crippen LogP) is 6.33. The second-order valence-electron chi connectivity index (χ2n) is 10.9. The van der Waals surface area contributed by atoms with E-state index < -0.39 is 17.4 Å². The minimum absolute atomic E-state index is 0.0716. The molecule has 220 valence electrons. The first kappa shape index (κ1) is 29.4. The Balaban J connectivity index is 1.37. The highest BCUT2D eigenvalue weighted by Gasteiger charge is 2.26. The summed E-state index contributed by atoms with van der Waals surface area (Å²) in [6.45, 7) is 6.99. The summed E-state index contributed by atoms with van der Waals surface area (Å²) >= 11 is 1.51. The zero-order valence-electron chi connectivity index (χ0n) is 23.7. The van der Waals surface area contributed by atoms with Gasteiger partial charge in [-0.05, 0) is 68.0 Å². The van der Waals surface area contributed by atoms with Gasteiger partial charge in [0.15, 0.2) is 0 Å². The van der Waals surface area contributed by atoms with Gasteiger partial charge < -0.3 is 24.2 Å². The smallest absolute Gasteiger partial charge is 0.410 e. The van der Waals surface area contributed by atoms with E-state index in [4.69, 9.17) is 19.3 Å². The van der Waals surface area contributed by atoms with Crippen LogP contribution in [0.1, 0.15) is 38.3 Å². The molecule has 5 rings (SSSR count). The number of benzene rings is 2. The monoisotopic (exact) mass is 593 g/mol. The average molecular weight is 594 g/mol. The lowest BCUT2D eigenvalue weighted by molar-refractivity contribution is -0.138. The van der Waals surface area contributed by atoms with Crippen LogP contribution >= 0.6 is 11.3 Å². The van der Waals surface area contributed by atoms with E-state index in [1.54, 1.807) is 11.0 Å². The number of rotatable bonds is 9. The van der Waals surface area contributed by atoms with Crippen molar-refractivity contribution >= 4 is 33.5 Å². The van der Waals surface area contributed by atoms with E-state index in [0.29, 0.717) is 36.5 Å². The number of carbonyl (C=O) groups is 2. The number of aromatic nitrogens is 2. The molecule has 0 atom stereocenters. The van der Waals surface area contributed by atoms with E-state index in [1.165, 1.54) is 23.5 Å². The van der Waals surface area contributed by atoms with Crippen molar-refractivity contribution in [3.8, 4) is 28.3 Å². The standard InChI is InChI=1S/C31H32FN3O6S/c1-31(2,3)41-30(38)35-11-8-19-16-20(4-5-21(19)18-35)27-24-10-15-42-29(24)28(34-33-27)23-7-6-22(32)17-25(23)40-14-13-39-12-9-26(36)37/h4-7,10,15-17H,8-9,11-14,18H2,1-3H3,(H,36,37). The number of hydrogen-bond donors (Lipinski definition) is 1. The van der Waals surface area contributed by atoms with Crippen LogP contribution in [0.4, 0.5) is 9.18 Å². The molecule has 0 fully saturated rings. The van der Waals surface area contributed by atoms with Gasteiger partial charge in [-0.3, -0.25) is 4.79 Å². The summed E-state index contributed by atoms with van der Waals surface area (Å²) in [5, 5.41) is 20.8. The van der Waals surface area contributed by atoms with E-state index >= 15 is 0 Å². The van der Waals surface area contributed by atoms with Crippen LogP contribution in [0, 0.1) is 5.82 Å². The van der Waals surface area contributed by atoms with Gasteiger partial charge in [0.2, 0.25) is 0 Å². The van der Waals surface area contributed by atoms with Crippen molar-refractivity contribution in [2.75, 3.05) is 26.4 Å². The molecule has 1 N–H and O–H groups in total. The van der Waals surface area contributed by atoms with E-state index in [9.17, 15) is 14.0 Å². The van der Waals surface area contributed by atoms with E-state index in [0.717, 1.165) is 32.5 Å². The van der Waals surface area contributed by atoms with Gasteiger partial charge in [-0.15, -0.1) is 21.5 Å². The quantitative estimate of drug-likeness (QED) is 0.224. The van der Waals surface area contributed by atoms with E-state index in [2.05, 4.69) is 16.3 Å². The Morgan fingerprint density at radius 1 is 1.02 bits per heavy atom. The minimum atomic E-state index is -0.939. The zero-order chi connectivity index (χ0) is 29.9. The number of aliphatic carboxylic acids is 1. The number of hydrogen-bond acceptors (Lipinski definition) is 8. The van der Waals surface area contributed by atoms with Crippen LogP contribution < -0.4 is 4.74 Å². The Kier molecular flexibility index (Phi) is 8.69. The topological polar surface area (TPSA) is 111 Å². The summed E-state index contributed by atoms with van der Waals surface area (Å²) in [5.74, 6) is -1.09. The molecule has 0 aliphatic carbocycles. The summed E-state index contributed by atoms with van der Waals surface area (Å²) in [7, 11) is 0. The lowest BCUT2D eigenvalue weighted by atomic mass is 9.95. The highest BCUT2D eigenvalue weighted by Crippen LogP contribution is 2.40. The van der Waals surface area contributed by atoms with Crippen LogP contribution in [-0.4, -0.2) is 64.2 Å². The number of nitrogens with zero attached hydrogens (tertiary/aromatic N) is 3. The normalized spacial score (nSPS) is 13.2. The Morgan fingerprint density at radius 3 is 2.62 bits per heavy atom. The Morgan fingerprint density at radius 2 is 1.83 bits per heavy atom. The molecule has 0 spiro atoms. The largest absolute Gasteiger partial charge is 0.490 e. The highest BCUT2D eigenvalue weighted by molar-refractivity contribution is 7.17. The van der Waals surface area contributed by atoms with Crippen LogP contribution in [0.2, 0.25) is 0 Å². The van der Waals surface area contributed by atoms with Gasteiger partial charge in [0.25, 0.3) is 0 Å². The van der Waals surface area contributed by atoms with Crippen molar-refractivity contribution in [1.29, 1.82) is 0 Å². The van der Waals surface area contributed by atoms with Gasteiger partial charge in [-0.1, -0.05) is 12.1 Å². The van der Waals surface area contributed by atoms with Crippen molar-refractivity contribution < 1.29 is 33.3 Å². The molecule has 42 heavy (non-hydrogen) atoms. The van der Waals surface area contributed by atoms with Gasteiger partial charge in [0.1, 0.15) is 35.2 Å². The number of amides is 1. The Bertz CT molecular complexity index is 1620. The molecule has 3 heterocycles. The first-order valence-corrected chi connectivity index (χ1v) is 14.5. The van der Waals surface area contributed by atoms with Gasteiger partial charge in [-0.25, -0.2) is 9.18 Å². The van der Waals surface area contributed by atoms with Crippen LogP contribution in [0.25, 0.3) is 32.6 Å². The highest BCUT2D eigenvalue weighted by atomic mass is 32.1. The average Bonchev–Trinajstić information content (AvgIpc) is 3.43. The lowest BCUT2D eigenvalue weighted by Crippen LogP contribution is -2.39. The van der Waals surface area contributed by atoms with Gasteiger partial charge >= 0.3 is 12.1 Å². The van der Waals surface area contributed by atoms with Crippen LogP contribution in [0.5, 0.6) is 5.75 Å². The van der Waals surface area contributed by atoms with Crippen LogP contribution in [0.15, 0.2) is 47.8 Å². The number of ether oxygens (including phenoxy) is 3. The third-order valence-electron chi connectivity index (χ3n) is 6.67. The number of thiophene rings is 1. The molecule has 2 aromatic carbocycles. The molecule has 0 saturated heterocycles. The molecular formula is C31H32FN3O6S. The molecule has 4 aromatic rings. The molecule has 1 amide bonds. The third-order valence-corrected chi connectivity index (χ3v) is 7.59. The van der Waals surface area contributed by atoms with Crippen molar-refractivity contribution in [3.63, 3.8) is 0 Å². The zero-order valence-corrected chi connectivity index (χ0v) is 24.5. The first-order chi connectivity index (χ1) is 20.1. The molecule has 0 bridgehead atoms. The van der Waals surface area contributed by atoms with Crippen molar-refractivity contribution in [1.82, 2.24) is 15.1 Å². The minimum Gasteiger partial charge on any atom is -0.490 e. The number of carboxylic acid groups (broad SMARTS) is 1. The maximum Gasteiger partial charge on any atom is 0.410 e. The number of carboxylic acids is 1. The van der Waals surface area contributed by atoms with Crippen LogP contribution in [-0.2, 0) is 27.2 Å². The maximum absolute atomic E-state index is 14.2. The lowest BCUT2D eigenvalue weighted by Gasteiger charge is -2.31. The summed E-state index contributed by atoms with van der Waals surface area (Å²) in [5.41, 5.74) is 4.53. The summed E-state index contributed by atoms with van der Waals surface area (Å²) < 4.78 is 31.7. The molecular weight excluding hydrogens is 561 g/mol. The molecule has 0 unspecified atom stereocenters. The molecule has 11 heteroatoms. The molecule has 9 nitrogen and oxygen atoms in total. The second kappa shape index (κ2) is 12.4. The fourth-order valence-corrected chi connectivity index (χ4v) is 5.63. The molecule has 2 aromatic heterocycles. The van der Waals surface area contributed by atoms with E-state index in [1.807, 2.05) is 44.4 Å². The number of halogens is 1. The molecule has 0 saturated carbocycles. The van der Waals surface area contributed by atoms with Crippen molar-refractivity contribution in [2.24, 2.45) is 0 Å². The summed E-state index contributed by atoms with van der Waals surface area (Å²) in [4.78, 5) is 24.9. The molecule has 1 aliphatic heterocycles.